The number of nitrogens with zero attached hydrogens (tertiary/aromatic N) is 1. The number of nitrogens with one attached hydrogen (secondary N) is 2. The second-order valence-electron chi connectivity index (χ2n) is 6.75. The summed E-state index contributed by atoms with van der Waals surface area (Å²) < 4.78 is 5.06. The summed E-state index contributed by atoms with van der Waals surface area (Å²) in [5.74, 6) is -0.305. The SMILES string of the molecule is COCC(=O)N1CCCCCCCNCc2cc(C(=O)NCCO)ccc21. The summed E-state index contributed by atoms with van der Waals surface area (Å²) in [4.78, 5) is 26.6. The van der Waals surface area contributed by atoms with Gasteiger partial charge in [0.15, 0.2) is 0 Å². The maximum atomic E-state index is 12.6. The van der Waals surface area contributed by atoms with E-state index in [9.17, 15) is 9.59 Å². The van der Waals surface area contributed by atoms with Crippen molar-refractivity contribution >= 4 is 17.5 Å². The predicted molar refractivity (Wildman–Crippen MR) is 105 cm³/mol. The Labute approximate surface area is 161 Å². The fraction of sp³-hybridized carbons (Fsp3) is 0.600. The molecule has 1 heterocycles. The van der Waals surface area contributed by atoms with Crippen molar-refractivity contribution in [3.05, 3.63) is 29.3 Å². The van der Waals surface area contributed by atoms with E-state index in [0.717, 1.165) is 37.1 Å². The van der Waals surface area contributed by atoms with Gasteiger partial charge in [0.05, 0.1) is 6.61 Å². The van der Waals surface area contributed by atoms with Crippen LogP contribution in [0.4, 0.5) is 5.69 Å². The third-order valence-electron chi connectivity index (χ3n) is 4.65. The molecule has 3 N–H and O–H groups in total. The van der Waals surface area contributed by atoms with Gasteiger partial charge in [-0.3, -0.25) is 9.59 Å². The number of hydrogen-bond acceptors (Lipinski definition) is 5. The van der Waals surface area contributed by atoms with Crippen LogP contribution in [0.2, 0.25) is 0 Å². The Morgan fingerprint density at radius 2 is 2.00 bits per heavy atom. The maximum absolute atomic E-state index is 12.6. The minimum atomic E-state index is -0.229. The van der Waals surface area contributed by atoms with Gasteiger partial charge in [0, 0.05) is 38.0 Å². The minimum absolute atomic E-state index is 0.0333. The molecule has 2 amide bonds. The normalized spacial score (nSPS) is 16.0. The number of fused-ring (bicyclic) bond motifs is 1. The first-order chi connectivity index (χ1) is 13.2. The van der Waals surface area contributed by atoms with Gasteiger partial charge in [-0.2, -0.15) is 0 Å². The summed E-state index contributed by atoms with van der Waals surface area (Å²) in [6, 6.07) is 5.39. The van der Waals surface area contributed by atoms with E-state index in [0.29, 0.717) is 18.7 Å². The number of amides is 2. The molecular formula is C20H31N3O4. The summed E-state index contributed by atoms with van der Waals surface area (Å²) in [6.45, 7) is 2.29. The zero-order valence-electron chi connectivity index (χ0n) is 16.1. The van der Waals surface area contributed by atoms with Gasteiger partial charge in [-0.15, -0.1) is 0 Å². The minimum Gasteiger partial charge on any atom is -0.395 e. The highest BCUT2D eigenvalue weighted by molar-refractivity contribution is 5.98. The molecule has 0 unspecified atom stereocenters. The van der Waals surface area contributed by atoms with Gasteiger partial charge in [-0.05, 0) is 43.1 Å². The second-order valence-corrected chi connectivity index (χ2v) is 6.75. The lowest BCUT2D eigenvalue weighted by atomic mass is 10.0. The molecule has 0 fully saturated rings. The van der Waals surface area contributed by atoms with E-state index in [-0.39, 0.29) is 31.6 Å². The van der Waals surface area contributed by atoms with Crippen LogP contribution in [-0.2, 0) is 16.1 Å². The van der Waals surface area contributed by atoms with Crippen molar-refractivity contribution in [2.24, 2.45) is 0 Å². The topological polar surface area (TPSA) is 90.9 Å². The Morgan fingerprint density at radius 1 is 1.22 bits per heavy atom. The summed E-state index contributed by atoms with van der Waals surface area (Å²) in [5, 5.41) is 15.0. The first kappa shape index (κ1) is 21.3. The first-order valence-electron chi connectivity index (χ1n) is 9.69. The molecule has 1 aromatic rings. The molecule has 0 aromatic heterocycles. The molecule has 0 saturated heterocycles. The average molecular weight is 377 g/mol. The van der Waals surface area contributed by atoms with E-state index in [1.54, 1.807) is 11.0 Å². The molecule has 0 radical (unpaired) electrons. The Hall–Kier alpha value is -1.96. The molecule has 1 aliphatic heterocycles. The fourth-order valence-corrected chi connectivity index (χ4v) is 3.26. The van der Waals surface area contributed by atoms with Crippen LogP contribution in [-0.4, -0.2) is 56.9 Å². The van der Waals surface area contributed by atoms with Crippen LogP contribution < -0.4 is 15.5 Å². The molecule has 1 aromatic carbocycles. The number of carbonyl (C=O) groups is 2. The Bertz CT molecular complexity index is 621. The van der Waals surface area contributed by atoms with Gasteiger partial charge in [-0.25, -0.2) is 0 Å². The van der Waals surface area contributed by atoms with Crippen LogP contribution >= 0.6 is 0 Å². The largest absolute Gasteiger partial charge is 0.395 e. The highest BCUT2D eigenvalue weighted by Crippen LogP contribution is 2.24. The molecule has 27 heavy (non-hydrogen) atoms. The molecule has 1 aliphatic rings. The van der Waals surface area contributed by atoms with E-state index in [2.05, 4.69) is 10.6 Å². The van der Waals surface area contributed by atoms with Crippen molar-refractivity contribution in [3.8, 4) is 0 Å². The van der Waals surface area contributed by atoms with Crippen molar-refractivity contribution in [1.29, 1.82) is 0 Å². The molecular weight excluding hydrogens is 346 g/mol. The van der Waals surface area contributed by atoms with Crippen LogP contribution in [0.25, 0.3) is 0 Å². The van der Waals surface area contributed by atoms with Crippen molar-refractivity contribution in [1.82, 2.24) is 10.6 Å². The predicted octanol–water partition coefficient (Wildman–Crippen LogP) is 1.44. The van der Waals surface area contributed by atoms with Crippen molar-refractivity contribution in [2.75, 3.05) is 44.9 Å². The van der Waals surface area contributed by atoms with Crippen LogP contribution in [0.5, 0.6) is 0 Å². The maximum Gasteiger partial charge on any atom is 0.252 e. The molecule has 0 bridgehead atoms. The Balaban J connectivity index is 2.31. The van der Waals surface area contributed by atoms with Crippen molar-refractivity contribution < 1.29 is 19.4 Å². The number of benzene rings is 1. The van der Waals surface area contributed by atoms with E-state index >= 15 is 0 Å². The zero-order chi connectivity index (χ0) is 19.5. The highest BCUT2D eigenvalue weighted by Gasteiger charge is 2.20. The molecule has 0 saturated carbocycles. The van der Waals surface area contributed by atoms with E-state index in [1.165, 1.54) is 20.0 Å². The molecule has 2 rings (SSSR count). The van der Waals surface area contributed by atoms with Gasteiger partial charge in [0.25, 0.3) is 11.8 Å². The zero-order valence-corrected chi connectivity index (χ0v) is 16.1. The number of methoxy groups -OCH3 is 1. The highest BCUT2D eigenvalue weighted by atomic mass is 16.5. The van der Waals surface area contributed by atoms with Crippen LogP contribution in [0, 0.1) is 0 Å². The average Bonchev–Trinajstić information content (AvgIpc) is 2.66. The fourth-order valence-electron chi connectivity index (χ4n) is 3.26. The smallest absolute Gasteiger partial charge is 0.252 e. The number of aliphatic hydroxyl groups is 1. The van der Waals surface area contributed by atoms with Gasteiger partial charge < -0.3 is 25.4 Å². The summed E-state index contributed by atoms with van der Waals surface area (Å²) in [5.41, 5.74) is 2.26. The monoisotopic (exact) mass is 377 g/mol. The molecule has 0 spiro atoms. The number of ether oxygens (including phenoxy) is 1. The first-order valence-corrected chi connectivity index (χ1v) is 9.69. The molecule has 0 atom stereocenters. The van der Waals surface area contributed by atoms with Gasteiger partial charge in [0.2, 0.25) is 0 Å². The molecule has 150 valence electrons. The third kappa shape index (κ3) is 6.61. The number of hydrogen-bond donors (Lipinski definition) is 3. The molecule has 7 nitrogen and oxygen atoms in total. The quantitative estimate of drug-likeness (QED) is 0.722. The molecule has 0 aliphatic carbocycles. The van der Waals surface area contributed by atoms with Crippen LogP contribution in [0.15, 0.2) is 18.2 Å². The van der Waals surface area contributed by atoms with Gasteiger partial charge >= 0.3 is 0 Å². The molecule has 7 heteroatoms. The van der Waals surface area contributed by atoms with Crippen LogP contribution in [0.3, 0.4) is 0 Å². The second kappa shape index (κ2) is 11.7. The lowest BCUT2D eigenvalue weighted by molar-refractivity contribution is -0.122. The lowest BCUT2D eigenvalue weighted by Crippen LogP contribution is -2.36. The summed E-state index contributed by atoms with van der Waals surface area (Å²) >= 11 is 0. The number of carbonyl (C=O) groups excluding carboxylic acids is 2. The van der Waals surface area contributed by atoms with E-state index in [4.69, 9.17) is 9.84 Å². The number of rotatable bonds is 5. The van der Waals surface area contributed by atoms with E-state index < -0.39 is 0 Å². The third-order valence-corrected chi connectivity index (χ3v) is 4.65. The standard InChI is InChI=1S/C20H31N3O4/c1-27-15-19(25)23-11-6-4-2-3-5-9-21-14-17-13-16(7-8-18(17)23)20(26)22-10-12-24/h7-8,13,21,24H,2-6,9-12,14-15H2,1H3,(H,22,26). The lowest BCUT2D eigenvalue weighted by Gasteiger charge is -2.26. The van der Waals surface area contributed by atoms with E-state index in [1.807, 2.05) is 12.1 Å². The summed E-state index contributed by atoms with van der Waals surface area (Å²) in [6.07, 6.45) is 5.51. The Kier molecular flexibility index (Phi) is 9.24. The van der Waals surface area contributed by atoms with Gasteiger partial charge in [-0.1, -0.05) is 19.3 Å². The van der Waals surface area contributed by atoms with Gasteiger partial charge in [0.1, 0.15) is 6.61 Å². The van der Waals surface area contributed by atoms with Crippen molar-refractivity contribution in [3.63, 3.8) is 0 Å². The van der Waals surface area contributed by atoms with Crippen molar-refractivity contribution in [2.45, 2.75) is 38.6 Å². The number of aliphatic hydroxyl groups excluding tert-OH is 1. The number of anilines is 1. The summed E-state index contributed by atoms with van der Waals surface area (Å²) in [7, 11) is 1.52. The Morgan fingerprint density at radius 3 is 2.78 bits per heavy atom. The van der Waals surface area contributed by atoms with Crippen LogP contribution in [0.1, 0.15) is 48.0 Å².